The molecule has 2 saturated heterocycles. The second-order valence-electron chi connectivity index (χ2n) is 15.1. The zero-order valence-electron chi connectivity index (χ0n) is 35.6. The van der Waals surface area contributed by atoms with Gasteiger partial charge in [-0.25, -0.2) is 8.42 Å². The largest absolute Gasteiger partial charge is 1.00 e. The molecule has 2 aromatic heterocycles. The summed E-state index contributed by atoms with van der Waals surface area (Å²) in [5.74, 6) is -2.69. The zero-order chi connectivity index (χ0) is 44.1. The number of halogens is 2. The number of rotatable bonds is 15. The fraction of sp³-hybridized carbons (Fsp3) is 0.372. The Morgan fingerprint density at radius 2 is 1.61 bits per heavy atom. The van der Waals surface area contributed by atoms with Crippen LogP contribution in [0.25, 0.3) is 0 Å². The molecule has 6 rings (SSSR count). The molecule has 2 aromatic carbocycles. The van der Waals surface area contributed by atoms with Crippen LogP contribution in [0.5, 0.6) is 0 Å². The average Bonchev–Trinajstić information content (AvgIpc) is 3.51. The van der Waals surface area contributed by atoms with Crippen LogP contribution in [-0.2, 0) is 35.7 Å². The van der Waals surface area contributed by atoms with Crippen LogP contribution in [-0.4, -0.2) is 105 Å². The summed E-state index contributed by atoms with van der Waals surface area (Å²) in [5, 5.41) is 8.45. The summed E-state index contributed by atoms with van der Waals surface area (Å²) >= 11 is 0. The molecule has 6 N–H and O–H groups in total. The Kier molecular flexibility index (Phi) is 19.3. The summed E-state index contributed by atoms with van der Waals surface area (Å²) in [6, 6.07) is 15.8. The lowest BCUT2D eigenvalue weighted by Crippen LogP contribution is -3.00. The average molecular weight is 942 g/mol. The monoisotopic (exact) mass is 940 g/mol. The maximum atomic E-state index is 13.9. The summed E-state index contributed by atoms with van der Waals surface area (Å²) in [5.41, 5.74) is 7.66. The van der Waals surface area contributed by atoms with Crippen LogP contribution < -0.4 is 48.5 Å². The van der Waals surface area contributed by atoms with Gasteiger partial charge in [-0.1, -0.05) is 12.5 Å². The number of hydrogen-bond acceptors (Lipinski definition) is 11. The molecule has 5 amide bonds. The van der Waals surface area contributed by atoms with Gasteiger partial charge < -0.3 is 38.0 Å². The normalized spacial score (nSPS) is 15.2. The number of hydrazine groups is 1. The maximum absolute atomic E-state index is 13.9. The van der Waals surface area contributed by atoms with Gasteiger partial charge in [0.05, 0.1) is 29.4 Å². The molecule has 0 aliphatic carbocycles. The maximum Gasteiger partial charge on any atom is 0.327 e. The van der Waals surface area contributed by atoms with E-state index in [1.54, 1.807) is 72.2 Å². The summed E-state index contributed by atoms with van der Waals surface area (Å²) in [4.78, 5) is 72.7. The lowest BCUT2D eigenvalue weighted by atomic mass is 10.1. The minimum atomic E-state index is -4.13. The minimum Gasteiger partial charge on any atom is -1.00 e. The van der Waals surface area contributed by atoms with E-state index < -0.39 is 33.9 Å². The van der Waals surface area contributed by atoms with E-state index in [-0.39, 0.29) is 53.8 Å². The predicted octanol–water partition coefficient (Wildman–Crippen LogP) is -0.0949. The lowest BCUT2D eigenvalue weighted by Gasteiger charge is -2.30. The number of hydrogen-bond donors (Lipinski definition) is 6. The van der Waals surface area contributed by atoms with Crippen LogP contribution in [0, 0.1) is 13.8 Å². The number of anilines is 3. The van der Waals surface area contributed by atoms with Gasteiger partial charge in [0.1, 0.15) is 11.7 Å². The number of pyridine rings is 2. The molecular formula is C43H54Cl2N10O8S. The molecule has 2 aliphatic heterocycles. The highest BCUT2D eigenvalue weighted by atomic mass is 35.5. The highest BCUT2D eigenvalue weighted by molar-refractivity contribution is 7.92. The topological polar surface area (TPSA) is 224 Å². The van der Waals surface area contributed by atoms with Crippen molar-refractivity contribution in [1.29, 1.82) is 0 Å². The van der Waals surface area contributed by atoms with Crippen molar-refractivity contribution >= 4 is 69.0 Å². The number of morpholine rings is 1. The summed E-state index contributed by atoms with van der Waals surface area (Å²) < 4.78 is 36.7. The first-order chi connectivity index (χ1) is 29.9. The summed E-state index contributed by atoms with van der Waals surface area (Å²) in [6.45, 7) is 7.85. The van der Waals surface area contributed by atoms with Gasteiger partial charge in [-0.3, -0.25) is 49.4 Å². The number of carbonyl (C=O) groups is 5. The minimum absolute atomic E-state index is 0. The molecule has 1 atom stereocenters. The van der Waals surface area contributed by atoms with Crippen LogP contribution in [0.15, 0.2) is 90.3 Å². The van der Waals surface area contributed by atoms with Crippen molar-refractivity contribution < 1.29 is 54.1 Å². The number of benzene rings is 2. The van der Waals surface area contributed by atoms with E-state index in [1.165, 1.54) is 36.5 Å². The number of carbonyl (C=O) groups excluding carboxylic acids is 5. The number of aromatic nitrogens is 2. The molecule has 344 valence electrons. The van der Waals surface area contributed by atoms with Gasteiger partial charge in [0.25, 0.3) is 27.7 Å². The fourth-order valence-electron chi connectivity index (χ4n) is 7.23. The first-order valence-corrected chi connectivity index (χ1v) is 22.0. The Morgan fingerprint density at radius 1 is 0.875 bits per heavy atom. The van der Waals surface area contributed by atoms with Gasteiger partial charge >= 0.3 is 11.8 Å². The number of nitrogens with one attached hydrogen (secondary N) is 6. The molecule has 2 fully saturated rings. The smallest absolute Gasteiger partial charge is 0.327 e. The number of nitrogens with zero attached hydrogens (tertiary/aromatic N) is 4. The van der Waals surface area contributed by atoms with Crippen molar-refractivity contribution in [2.75, 3.05) is 61.4 Å². The first kappa shape index (κ1) is 50.8. The van der Waals surface area contributed by atoms with Crippen molar-refractivity contribution in [2.45, 2.75) is 63.6 Å². The Hall–Kier alpha value is -5.86. The number of ether oxygens (including phenoxy) is 1. The Morgan fingerprint density at radius 3 is 2.34 bits per heavy atom. The fourth-order valence-corrected chi connectivity index (χ4v) is 8.54. The van der Waals surface area contributed by atoms with Crippen molar-refractivity contribution in [1.82, 2.24) is 30.8 Å². The number of likely N-dealkylation sites (tertiary alicyclic amines) is 1. The van der Waals surface area contributed by atoms with Crippen molar-refractivity contribution in [3.8, 4) is 0 Å². The van der Waals surface area contributed by atoms with Crippen molar-refractivity contribution in [2.24, 2.45) is 0 Å². The second-order valence-corrected chi connectivity index (χ2v) is 16.7. The highest BCUT2D eigenvalue weighted by Gasteiger charge is 2.30. The molecular weight excluding hydrogens is 888 g/mol. The molecule has 0 spiro atoms. The number of aryl methyl sites for hydroxylation is 1. The molecule has 1 unspecified atom stereocenters. The van der Waals surface area contributed by atoms with Crippen LogP contribution in [0.1, 0.15) is 63.9 Å². The van der Waals surface area contributed by atoms with E-state index in [9.17, 15) is 32.4 Å². The van der Waals surface area contributed by atoms with Gasteiger partial charge in [-0.2, -0.15) is 4.57 Å². The molecule has 0 saturated carbocycles. The van der Waals surface area contributed by atoms with E-state index >= 15 is 0 Å². The van der Waals surface area contributed by atoms with Gasteiger partial charge in [0.15, 0.2) is 12.4 Å². The van der Waals surface area contributed by atoms with Gasteiger partial charge in [-0.05, 0) is 106 Å². The van der Waals surface area contributed by atoms with Gasteiger partial charge in [0, 0.05) is 56.0 Å². The lowest BCUT2D eigenvalue weighted by molar-refractivity contribution is -0.684. The molecule has 64 heavy (non-hydrogen) atoms. The van der Waals surface area contributed by atoms with E-state index in [1.807, 2.05) is 0 Å². The zero-order valence-corrected chi connectivity index (χ0v) is 38.0. The second kappa shape index (κ2) is 24.3. The van der Waals surface area contributed by atoms with E-state index in [0.717, 1.165) is 38.9 Å². The van der Waals surface area contributed by atoms with Gasteiger partial charge in [0.2, 0.25) is 6.54 Å². The molecule has 0 bridgehead atoms. The van der Waals surface area contributed by atoms with Gasteiger partial charge in [-0.15, -0.1) is 12.4 Å². The SMILES string of the molecule is Cc1ccc(S(=O)(=O)Nc2ccc(NNC(=O)C(=O)NCCCN3CCOCC3)cc2)c(C)c1NC(=O)C[n+]1cccc(C(=O)N2CCCCCC2NC(=O)c2cccnc2)c1.Cl.[Cl-]. The third kappa shape index (κ3) is 14.1. The summed E-state index contributed by atoms with van der Waals surface area (Å²) in [6.07, 6.45) is 9.63. The third-order valence-corrected chi connectivity index (χ3v) is 12.1. The molecule has 4 aromatic rings. The molecule has 2 aliphatic rings. The van der Waals surface area contributed by atoms with E-state index in [4.69, 9.17) is 4.74 Å². The quantitative estimate of drug-likeness (QED) is 0.0400. The third-order valence-electron chi connectivity index (χ3n) is 10.5. The Bertz CT molecular complexity index is 2350. The Labute approximate surface area is 385 Å². The molecule has 21 heteroatoms. The molecule has 18 nitrogen and oxygen atoms in total. The number of amides is 5. The highest BCUT2D eigenvalue weighted by Crippen LogP contribution is 2.29. The standard InChI is InChI=1S/C43H52N10O8S.2ClH/c1-30-12-17-36(62(59,60)50-35-15-13-34(14-16-35)48-49-42(57)41(56)45-19-8-21-51-23-25-61-26-24-51)31(2)39(30)47-38(54)29-52-20-7-10-33(28-52)43(58)53-22-5-3-4-11-37(53)46-40(55)32-9-6-18-44-27-32;;/h6-7,9-10,12-18,20,27-28,37H,3-5,8,11,19,21-26,29H2,1-2H3,(H5-,45,46,47,48,49,50,54,55,56,57);2*1H. The number of sulfonamides is 1. The van der Waals surface area contributed by atoms with Crippen LogP contribution >= 0.6 is 12.4 Å². The van der Waals surface area contributed by atoms with Crippen molar-refractivity contribution in [3.63, 3.8) is 0 Å². The van der Waals surface area contributed by atoms with Crippen LogP contribution in [0.2, 0.25) is 0 Å². The van der Waals surface area contributed by atoms with E-state index in [0.29, 0.717) is 72.8 Å². The first-order valence-electron chi connectivity index (χ1n) is 20.6. The van der Waals surface area contributed by atoms with Crippen LogP contribution in [0.3, 0.4) is 0 Å². The van der Waals surface area contributed by atoms with Crippen LogP contribution in [0.4, 0.5) is 17.1 Å². The molecule has 4 heterocycles. The van der Waals surface area contributed by atoms with E-state index in [2.05, 4.69) is 41.4 Å². The summed E-state index contributed by atoms with van der Waals surface area (Å²) in [7, 11) is -4.13. The van der Waals surface area contributed by atoms with Crippen molar-refractivity contribution in [3.05, 3.63) is 108 Å². The Balaban J connectivity index is 0.00000449. The molecule has 0 radical (unpaired) electrons. The predicted molar refractivity (Wildman–Crippen MR) is 237 cm³/mol.